The van der Waals surface area contributed by atoms with Crippen molar-refractivity contribution in [2.75, 3.05) is 26.2 Å². The number of urea groups is 1. The van der Waals surface area contributed by atoms with Gasteiger partial charge in [0.2, 0.25) is 0 Å². The lowest BCUT2D eigenvalue weighted by Crippen LogP contribution is -2.55. The van der Waals surface area contributed by atoms with Crippen LogP contribution >= 0.6 is 0 Å². The first kappa shape index (κ1) is 22.3. The molecule has 2 heterocycles. The molecular weight excluding hydrogens is 402 g/mol. The second-order valence-corrected chi connectivity index (χ2v) is 9.03. The number of carbonyl (C=O) groups is 1. The molecule has 162 valence electrons. The molecule has 30 heavy (non-hydrogen) atoms. The Morgan fingerprint density at radius 2 is 1.47 bits per heavy atom. The summed E-state index contributed by atoms with van der Waals surface area (Å²) < 4.78 is 29.2. The molecule has 3 N–H and O–H groups in total. The Bertz CT molecular complexity index is 908. The van der Waals surface area contributed by atoms with E-state index in [4.69, 9.17) is 4.55 Å². The smallest absolute Gasteiger partial charge is 0.318 e. The van der Waals surface area contributed by atoms with Crippen LogP contribution in [0, 0.1) is 0 Å². The average molecular weight is 432 g/mol. The third kappa shape index (κ3) is 5.81. The van der Waals surface area contributed by atoms with E-state index in [1.807, 2.05) is 11.0 Å². The van der Waals surface area contributed by atoms with Gasteiger partial charge in [0.25, 0.3) is 10.1 Å². The zero-order valence-corrected chi connectivity index (χ0v) is 17.8. The van der Waals surface area contributed by atoms with Gasteiger partial charge in [-0.25, -0.2) is 4.79 Å². The molecule has 7 nitrogen and oxygen atoms in total. The van der Waals surface area contributed by atoms with Gasteiger partial charge in [-0.1, -0.05) is 48.5 Å². The van der Waals surface area contributed by atoms with E-state index in [0.29, 0.717) is 0 Å². The van der Waals surface area contributed by atoms with Crippen LogP contribution in [0.1, 0.15) is 31.2 Å². The first-order valence-electron chi connectivity index (χ1n) is 10.3. The van der Waals surface area contributed by atoms with Crippen LogP contribution in [0.5, 0.6) is 0 Å². The molecule has 2 fully saturated rings. The number of piperidine rings is 1. The molecule has 0 radical (unpaired) electrons. The van der Waals surface area contributed by atoms with E-state index in [0.717, 1.165) is 51.9 Å². The van der Waals surface area contributed by atoms with Crippen molar-refractivity contribution in [1.82, 2.24) is 15.5 Å². The van der Waals surface area contributed by atoms with Crippen LogP contribution in [0.25, 0.3) is 0 Å². The van der Waals surface area contributed by atoms with Crippen LogP contribution in [0.3, 0.4) is 0 Å². The SMILES string of the molecule is O=C(NC1(c2ccccc2)CCNCC1)N1CCCC1.O=S(=O)(O)c1ccccc1. The van der Waals surface area contributed by atoms with E-state index in [1.54, 1.807) is 18.2 Å². The molecule has 8 heteroatoms. The van der Waals surface area contributed by atoms with Gasteiger partial charge in [-0.3, -0.25) is 4.55 Å². The Labute approximate surface area is 178 Å². The summed E-state index contributed by atoms with van der Waals surface area (Å²) in [6.45, 7) is 3.70. The van der Waals surface area contributed by atoms with Crippen molar-refractivity contribution >= 4 is 16.1 Å². The molecule has 0 atom stereocenters. The predicted octanol–water partition coefficient (Wildman–Crippen LogP) is 3.00. The van der Waals surface area contributed by atoms with E-state index in [2.05, 4.69) is 34.9 Å². The molecule has 0 spiro atoms. The van der Waals surface area contributed by atoms with Gasteiger partial charge in [0, 0.05) is 13.1 Å². The Hall–Kier alpha value is -2.42. The highest BCUT2D eigenvalue weighted by molar-refractivity contribution is 7.85. The maximum absolute atomic E-state index is 12.5. The van der Waals surface area contributed by atoms with E-state index in [9.17, 15) is 13.2 Å². The molecule has 0 aliphatic carbocycles. The van der Waals surface area contributed by atoms with E-state index >= 15 is 0 Å². The number of nitrogens with zero attached hydrogens (tertiary/aromatic N) is 1. The van der Waals surface area contributed by atoms with Crippen LogP contribution in [0.15, 0.2) is 65.6 Å². The van der Waals surface area contributed by atoms with Gasteiger partial charge in [-0.05, 0) is 56.5 Å². The van der Waals surface area contributed by atoms with Crippen LogP contribution in [0.4, 0.5) is 4.79 Å². The van der Waals surface area contributed by atoms with Crippen molar-refractivity contribution in [3.05, 3.63) is 66.2 Å². The Balaban J connectivity index is 0.000000216. The van der Waals surface area contributed by atoms with Gasteiger partial charge in [-0.2, -0.15) is 8.42 Å². The summed E-state index contributed by atoms with van der Waals surface area (Å²) in [4.78, 5) is 14.4. The van der Waals surface area contributed by atoms with Crippen molar-refractivity contribution in [2.45, 2.75) is 36.1 Å². The number of nitrogens with one attached hydrogen (secondary N) is 2. The second-order valence-electron chi connectivity index (χ2n) is 7.61. The quantitative estimate of drug-likeness (QED) is 0.649. The number of amides is 2. The minimum absolute atomic E-state index is 0.0741. The standard InChI is InChI=1S/C16H23N3O.C6H6O3S/c20-15(19-12-4-5-13-19)18-16(8-10-17-11-9-16)14-6-2-1-3-7-14;7-10(8,9)6-4-2-1-3-5-6/h1-3,6-7,17H,4-5,8-13H2,(H,18,20);1-5H,(H,7,8,9). The summed E-state index contributed by atoms with van der Waals surface area (Å²) in [7, 11) is -4.00. The maximum Gasteiger partial charge on any atom is 0.318 e. The number of rotatable bonds is 3. The summed E-state index contributed by atoms with van der Waals surface area (Å²) in [5.74, 6) is 0. The van der Waals surface area contributed by atoms with Gasteiger partial charge < -0.3 is 15.5 Å². The van der Waals surface area contributed by atoms with Gasteiger partial charge in [0.05, 0.1) is 10.4 Å². The van der Waals surface area contributed by atoms with Crippen LogP contribution in [-0.2, 0) is 15.7 Å². The summed E-state index contributed by atoms with van der Waals surface area (Å²) in [6, 6.07) is 17.9. The predicted molar refractivity (Wildman–Crippen MR) is 116 cm³/mol. The first-order chi connectivity index (χ1) is 14.4. The molecule has 2 amide bonds. The Morgan fingerprint density at radius 3 is 1.97 bits per heavy atom. The fourth-order valence-corrected chi connectivity index (χ4v) is 4.39. The normalized spacial score (nSPS) is 18.2. The number of hydrogen-bond donors (Lipinski definition) is 3. The number of benzene rings is 2. The summed E-state index contributed by atoms with van der Waals surface area (Å²) >= 11 is 0. The Morgan fingerprint density at radius 1 is 0.933 bits per heavy atom. The molecule has 2 aliphatic heterocycles. The summed E-state index contributed by atoms with van der Waals surface area (Å²) in [6.07, 6.45) is 4.17. The van der Waals surface area contributed by atoms with E-state index < -0.39 is 10.1 Å². The highest BCUT2D eigenvalue weighted by atomic mass is 32.2. The van der Waals surface area contributed by atoms with Crippen LogP contribution in [-0.4, -0.2) is 50.1 Å². The lowest BCUT2D eigenvalue weighted by atomic mass is 9.81. The van der Waals surface area contributed by atoms with Gasteiger partial charge in [0.1, 0.15) is 0 Å². The molecular formula is C22H29N3O4S. The zero-order chi connectivity index (χ0) is 21.5. The van der Waals surface area contributed by atoms with Crippen molar-refractivity contribution < 1.29 is 17.8 Å². The van der Waals surface area contributed by atoms with Gasteiger partial charge in [0.15, 0.2) is 0 Å². The van der Waals surface area contributed by atoms with Crippen LogP contribution in [0.2, 0.25) is 0 Å². The van der Waals surface area contributed by atoms with Gasteiger partial charge in [-0.15, -0.1) is 0 Å². The molecule has 2 saturated heterocycles. The molecule has 0 saturated carbocycles. The molecule has 2 aromatic rings. The summed E-state index contributed by atoms with van der Waals surface area (Å²) in [5.41, 5.74) is 1.03. The van der Waals surface area contributed by atoms with Crippen molar-refractivity contribution in [3.63, 3.8) is 0 Å². The van der Waals surface area contributed by atoms with Crippen molar-refractivity contribution in [3.8, 4) is 0 Å². The largest absolute Gasteiger partial charge is 0.328 e. The number of hydrogen-bond acceptors (Lipinski definition) is 4. The zero-order valence-electron chi connectivity index (χ0n) is 17.0. The molecule has 0 unspecified atom stereocenters. The topological polar surface area (TPSA) is 98.7 Å². The average Bonchev–Trinajstić information content (AvgIpc) is 3.31. The van der Waals surface area contributed by atoms with E-state index in [1.165, 1.54) is 17.7 Å². The molecule has 4 rings (SSSR count). The minimum Gasteiger partial charge on any atom is -0.328 e. The number of likely N-dealkylation sites (tertiary alicyclic amines) is 1. The maximum atomic E-state index is 12.5. The molecule has 0 bridgehead atoms. The van der Waals surface area contributed by atoms with Crippen molar-refractivity contribution in [2.24, 2.45) is 0 Å². The van der Waals surface area contributed by atoms with E-state index in [-0.39, 0.29) is 16.5 Å². The fraction of sp³-hybridized carbons (Fsp3) is 0.409. The third-order valence-electron chi connectivity index (χ3n) is 5.56. The Kier molecular flexibility index (Phi) is 7.47. The highest BCUT2D eigenvalue weighted by Gasteiger charge is 2.36. The first-order valence-corrected chi connectivity index (χ1v) is 11.7. The summed E-state index contributed by atoms with van der Waals surface area (Å²) in [5, 5.41) is 6.72. The fourth-order valence-electron chi connectivity index (χ4n) is 3.89. The second kappa shape index (κ2) is 10.1. The van der Waals surface area contributed by atoms with Crippen molar-refractivity contribution in [1.29, 1.82) is 0 Å². The van der Waals surface area contributed by atoms with Crippen LogP contribution < -0.4 is 10.6 Å². The van der Waals surface area contributed by atoms with Gasteiger partial charge >= 0.3 is 6.03 Å². The molecule has 0 aromatic heterocycles. The molecule has 2 aromatic carbocycles. The lowest BCUT2D eigenvalue weighted by molar-refractivity contribution is 0.179. The third-order valence-corrected chi connectivity index (χ3v) is 6.43. The monoisotopic (exact) mass is 431 g/mol. The molecule has 2 aliphatic rings. The number of carbonyl (C=O) groups excluding carboxylic acids is 1. The lowest BCUT2D eigenvalue weighted by Gasteiger charge is -2.40. The minimum atomic E-state index is -4.00. The highest BCUT2D eigenvalue weighted by Crippen LogP contribution is 2.31.